The molecule has 1 aliphatic rings. The number of carbonyl (C=O) groups excluding carboxylic acids is 1. The molecule has 0 aromatic heterocycles. The number of sulfonamides is 1. The van der Waals surface area contributed by atoms with Crippen molar-refractivity contribution in [2.75, 3.05) is 30.7 Å². The molecular formula is C17H26ClN3O3S. The van der Waals surface area contributed by atoms with Crippen molar-refractivity contribution in [3.63, 3.8) is 0 Å². The van der Waals surface area contributed by atoms with E-state index in [1.807, 2.05) is 14.0 Å². The zero-order chi connectivity index (χ0) is 18.8. The quantitative estimate of drug-likeness (QED) is 0.839. The van der Waals surface area contributed by atoms with Crippen LogP contribution in [0, 0.1) is 6.92 Å². The van der Waals surface area contributed by atoms with Gasteiger partial charge in [0.25, 0.3) is 0 Å². The van der Waals surface area contributed by atoms with Crippen LogP contribution in [0.25, 0.3) is 0 Å². The summed E-state index contributed by atoms with van der Waals surface area (Å²) < 4.78 is 25.7. The van der Waals surface area contributed by atoms with Crippen molar-refractivity contribution in [2.24, 2.45) is 0 Å². The van der Waals surface area contributed by atoms with Gasteiger partial charge < -0.3 is 10.2 Å². The summed E-state index contributed by atoms with van der Waals surface area (Å²) in [6.07, 6.45) is 2.83. The van der Waals surface area contributed by atoms with E-state index in [2.05, 4.69) is 10.2 Å². The normalized spacial score (nSPS) is 18.0. The van der Waals surface area contributed by atoms with E-state index < -0.39 is 16.1 Å². The van der Waals surface area contributed by atoms with Crippen molar-refractivity contribution in [2.45, 2.75) is 38.8 Å². The molecule has 0 spiro atoms. The molecule has 1 unspecified atom stereocenters. The smallest absolute Gasteiger partial charge is 0.243 e. The lowest BCUT2D eigenvalue weighted by atomic mass is 10.1. The van der Waals surface area contributed by atoms with Crippen molar-refractivity contribution in [1.29, 1.82) is 0 Å². The molecule has 140 valence electrons. The average molecular weight is 388 g/mol. The van der Waals surface area contributed by atoms with Gasteiger partial charge in [-0.15, -0.1) is 0 Å². The van der Waals surface area contributed by atoms with Crippen LogP contribution in [0.15, 0.2) is 18.2 Å². The van der Waals surface area contributed by atoms with E-state index in [0.29, 0.717) is 10.7 Å². The molecule has 2 rings (SSSR count). The number of hydrogen-bond donors (Lipinski definition) is 1. The van der Waals surface area contributed by atoms with Gasteiger partial charge in [0.15, 0.2) is 0 Å². The molecule has 1 aliphatic heterocycles. The molecule has 1 aromatic carbocycles. The number of piperidine rings is 1. The van der Waals surface area contributed by atoms with Gasteiger partial charge in [-0.05, 0) is 64.5 Å². The van der Waals surface area contributed by atoms with Gasteiger partial charge in [-0.1, -0.05) is 17.7 Å². The number of rotatable bonds is 5. The molecule has 1 aromatic rings. The topological polar surface area (TPSA) is 69.7 Å². The SMILES string of the molecule is Cc1ccc(N(C(C)C(=O)NC2CCN(C)CC2)S(C)(=O)=O)cc1Cl. The highest BCUT2D eigenvalue weighted by molar-refractivity contribution is 7.92. The monoisotopic (exact) mass is 387 g/mol. The fourth-order valence-electron chi connectivity index (χ4n) is 3.00. The molecule has 8 heteroatoms. The number of benzene rings is 1. The van der Waals surface area contributed by atoms with Gasteiger partial charge in [0, 0.05) is 11.1 Å². The van der Waals surface area contributed by atoms with E-state index in [1.54, 1.807) is 25.1 Å². The maximum absolute atomic E-state index is 12.6. The van der Waals surface area contributed by atoms with Gasteiger partial charge in [-0.25, -0.2) is 8.42 Å². The van der Waals surface area contributed by atoms with Crippen molar-refractivity contribution < 1.29 is 13.2 Å². The third-order valence-corrected chi connectivity index (χ3v) is 6.21. The van der Waals surface area contributed by atoms with Gasteiger partial charge in [-0.2, -0.15) is 0 Å². The molecule has 6 nitrogen and oxygen atoms in total. The molecule has 1 amide bonds. The van der Waals surface area contributed by atoms with Crippen molar-refractivity contribution in [3.8, 4) is 0 Å². The summed E-state index contributed by atoms with van der Waals surface area (Å²) in [5.74, 6) is -0.295. The first-order valence-corrected chi connectivity index (χ1v) is 10.6. The van der Waals surface area contributed by atoms with Gasteiger partial charge in [0.05, 0.1) is 11.9 Å². The van der Waals surface area contributed by atoms with E-state index in [4.69, 9.17) is 11.6 Å². The van der Waals surface area contributed by atoms with Crippen LogP contribution in [0.5, 0.6) is 0 Å². The van der Waals surface area contributed by atoms with Crippen LogP contribution in [0.3, 0.4) is 0 Å². The van der Waals surface area contributed by atoms with Gasteiger partial charge >= 0.3 is 0 Å². The number of aryl methyl sites for hydroxylation is 1. The van der Waals surface area contributed by atoms with Crippen LogP contribution in [0.4, 0.5) is 5.69 Å². The number of halogens is 1. The highest BCUT2D eigenvalue weighted by Gasteiger charge is 2.31. The molecule has 1 heterocycles. The lowest BCUT2D eigenvalue weighted by Crippen LogP contribution is -2.52. The second kappa shape index (κ2) is 7.93. The largest absolute Gasteiger partial charge is 0.351 e. The first kappa shape index (κ1) is 20.0. The fraction of sp³-hybridized carbons (Fsp3) is 0.588. The Balaban J connectivity index is 2.19. The Labute approximate surface area is 155 Å². The Kier molecular flexibility index (Phi) is 6.35. The second-order valence-electron chi connectivity index (χ2n) is 6.75. The summed E-state index contributed by atoms with van der Waals surface area (Å²) in [5, 5.41) is 3.45. The highest BCUT2D eigenvalue weighted by atomic mass is 35.5. The number of hydrogen-bond acceptors (Lipinski definition) is 4. The van der Waals surface area contributed by atoms with Crippen molar-refractivity contribution in [1.82, 2.24) is 10.2 Å². The van der Waals surface area contributed by atoms with Crippen molar-refractivity contribution >= 4 is 33.2 Å². The first-order chi connectivity index (χ1) is 11.6. The molecule has 0 saturated carbocycles. The summed E-state index contributed by atoms with van der Waals surface area (Å²) in [4.78, 5) is 14.9. The molecular weight excluding hydrogens is 362 g/mol. The summed E-state index contributed by atoms with van der Waals surface area (Å²) in [6.45, 7) is 5.28. The summed E-state index contributed by atoms with van der Waals surface area (Å²) in [7, 11) is -1.59. The predicted octanol–water partition coefficient (Wildman–Crippen LogP) is 2.01. The molecule has 0 bridgehead atoms. The van der Waals surface area contributed by atoms with Crippen LogP contribution < -0.4 is 9.62 Å². The standard InChI is InChI=1S/C17H26ClN3O3S/c1-12-5-6-15(11-16(12)18)21(25(4,23)24)13(2)17(22)19-14-7-9-20(3)10-8-14/h5-6,11,13-14H,7-10H2,1-4H3,(H,19,22). The molecule has 1 atom stereocenters. The van der Waals surface area contributed by atoms with Crippen LogP contribution in [0.1, 0.15) is 25.3 Å². The average Bonchev–Trinajstić information content (AvgIpc) is 2.51. The Bertz CT molecular complexity index is 731. The summed E-state index contributed by atoms with van der Waals surface area (Å²) in [5.41, 5.74) is 1.24. The number of nitrogens with one attached hydrogen (secondary N) is 1. The molecule has 1 N–H and O–H groups in total. The van der Waals surface area contributed by atoms with E-state index in [1.165, 1.54) is 0 Å². The first-order valence-electron chi connectivity index (χ1n) is 8.34. The molecule has 1 fully saturated rings. The Morgan fingerprint density at radius 1 is 1.36 bits per heavy atom. The van der Waals surface area contributed by atoms with Crippen LogP contribution in [0.2, 0.25) is 5.02 Å². The highest BCUT2D eigenvalue weighted by Crippen LogP contribution is 2.26. The van der Waals surface area contributed by atoms with Gasteiger partial charge in [0.2, 0.25) is 15.9 Å². The third kappa shape index (κ3) is 5.09. The minimum absolute atomic E-state index is 0.0779. The van der Waals surface area contributed by atoms with E-state index in [9.17, 15) is 13.2 Å². The number of anilines is 1. The minimum atomic E-state index is -3.64. The molecule has 0 aliphatic carbocycles. The van der Waals surface area contributed by atoms with E-state index in [0.717, 1.165) is 42.1 Å². The molecule has 25 heavy (non-hydrogen) atoms. The minimum Gasteiger partial charge on any atom is -0.351 e. The fourth-order valence-corrected chi connectivity index (χ4v) is 4.34. The molecule has 0 radical (unpaired) electrons. The zero-order valence-corrected chi connectivity index (χ0v) is 16.7. The van der Waals surface area contributed by atoms with E-state index in [-0.39, 0.29) is 11.9 Å². The summed E-state index contributed by atoms with van der Waals surface area (Å²) >= 11 is 6.13. The predicted molar refractivity (Wildman–Crippen MR) is 102 cm³/mol. The Morgan fingerprint density at radius 3 is 2.48 bits per heavy atom. The number of amides is 1. The lowest BCUT2D eigenvalue weighted by molar-refractivity contribution is -0.122. The van der Waals surface area contributed by atoms with Crippen LogP contribution in [-0.2, 0) is 14.8 Å². The number of nitrogens with zero attached hydrogens (tertiary/aromatic N) is 2. The van der Waals surface area contributed by atoms with Gasteiger partial charge in [-0.3, -0.25) is 9.10 Å². The van der Waals surface area contributed by atoms with E-state index >= 15 is 0 Å². The maximum Gasteiger partial charge on any atom is 0.243 e. The summed E-state index contributed by atoms with van der Waals surface area (Å²) in [6, 6.07) is 4.22. The van der Waals surface area contributed by atoms with Crippen LogP contribution in [-0.4, -0.2) is 57.7 Å². The second-order valence-corrected chi connectivity index (χ2v) is 9.02. The molecule has 1 saturated heterocycles. The van der Waals surface area contributed by atoms with Gasteiger partial charge in [0.1, 0.15) is 6.04 Å². The third-order valence-electron chi connectivity index (χ3n) is 4.56. The lowest BCUT2D eigenvalue weighted by Gasteiger charge is -2.33. The Hall–Kier alpha value is -1.31. The number of carbonyl (C=O) groups is 1. The van der Waals surface area contributed by atoms with Crippen LogP contribution >= 0.6 is 11.6 Å². The maximum atomic E-state index is 12.6. The number of likely N-dealkylation sites (tertiary alicyclic amines) is 1. The zero-order valence-electron chi connectivity index (χ0n) is 15.1. The Morgan fingerprint density at radius 2 is 1.96 bits per heavy atom. The van der Waals surface area contributed by atoms with Crippen molar-refractivity contribution in [3.05, 3.63) is 28.8 Å².